The predicted molar refractivity (Wildman–Crippen MR) is 92.8 cm³/mol. The quantitative estimate of drug-likeness (QED) is 0.783. The minimum Gasteiger partial charge on any atom is -0.493 e. The zero-order valence-electron chi connectivity index (χ0n) is 14.4. The van der Waals surface area contributed by atoms with Crippen LogP contribution < -0.4 is 14.8 Å². The lowest BCUT2D eigenvalue weighted by molar-refractivity contribution is -0.124. The van der Waals surface area contributed by atoms with E-state index in [0.29, 0.717) is 5.75 Å². The molecule has 0 unspecified atom stereocenters. The van der Waals surface area contributed by atoms with Crippen LogP contribution in [0, 0.1) is 0 Å². The van der Waals surface area contributed by atoms with E-state index in [0.717, 1.165) is 5.56 Å². The maximum Gasteiger partial charge on any atom is 0.342 e. The van der Waals surface area contributed by atoms with E-state index in [1.165, 1.54) is 14.2 Å². The van der Waals surface area contributed by atoms with Gasteiger partial charge in [-0.1, -0.05) is 36.4 Å². The van der Waals surface area contributed by atoms with Crippen LogP contribution in [0.2, 0.25) is 0 Å². The number of hydrogen-bond acceptors (Lipinski definition) is 5. The summed E-state index contributed by atoms with van der Waals surface area (Å²) in [6.07, 6.45) is 0. The standard InChI is InChI=1S/C19H21NO5/c1-13(14-8-5-4-6-9-14)20-17(21)12-25-19(22)15-10-7-11-16(23-2)18(15)24-3/h4-11,13H,12H2,1-3H3,(H,20,21)/t13-/m0/s1. The van der Waals surface area contributed by atoms with Crippen LogP contribution >= 0.6 is 0 Å². The van der Waals surface area contributed by atoms with Gasteiger partial charge in [0, 0.05) is 0 Å². The number of benzene rings is 2. The molecular weight excluding hydrogens is 322 g/mol. The first kappa shape index (κ1) is 18.3. The summed E-state index contributed by atoms with van der Waals surface area (Å²) in [6, 6.07) is 14.2. The van der Waals surface area contributed by atoms with Crippen molar-refractivity contribution in [1.29, 1.82) is 0 Å². The second kappa shape index (κ2) is 8.73. The molecule has 0 bridgehead atoms. The van der Waals surface area contributed by atoms with Gasteiger partial charge >= 0.3 is 5.97 Å². The zero-order chi connectivity index (χ0) is 18.2. The average Bonchev–Trinajstić information content (AvgIpc) is 2.65. The minimum absolute atomic E-state index is 0.182. The smallest absolute Gasteiger partial charge is 0.342 e. The second-order valence-electron chi connectivity index (χ2n) is 5.32. The van der Waals surface area contributed by atoms with E-state index in [-0.39, 0.29) is 29.9 Å². The largest absolute Gasteiger partial charge is 0.493 e. The fourth-order valence-corrected chi connectivity index (χ4v) is 2.36. The number of carbonyl (C=O) groups is 2. The molecule has 6 nitrogen and oxygen atoms in total. The Kier molecular flexibility index (Phi) is 6.39. The highest BCUT2D eigenvalue weighted by atomic mass is 16.5. The second-order valence-corrected chi connectivity index (χ2v) is 5.32. The number of carbonyl (C=O) groups excluding carboxylic acids is 2. The van der Waals surface area contributed by atoms with Gasteiger partial charge in [0.05, 0.1) is 20.3 Å². The molecular formula is C19H21NO5. The molecule has 0 saturated carbocycles. The van der Waals surface area contributed by atoms with Crippen LogP contribution in [0.15, 0.2) is 48.5 Å². The number of amides is 1. The van der Waals surface area contributed by atoms with Crippen LogP contribution in [0.3, 0.4) is 0 Å². The number of ether oxygens (including phenoxy) is 3. The highest BCUT2D eigenvalue weighted by molar-refractivity contribution is 5.95. The molecule has 0 saturated heterocycles. The van der Waals surface area contributed by atoms with Gasteiger partial charge in [0.15, 0.2) is 18.1 Å². The van der Waals surface area contributed by atoms with Crippen molar-refractivity contribution in [3.63, 3.8) is 0 Å². The number of nitrogens with one attached hydrogen (secondary N) is 1. The normalized spacial score (nSPS) is 11.3. The number of rotatable bonds is 7. The van der Waals surface area contributed by atoms with Gasteiger partial charge in [0.1, 0.15) is 5.56 Å². The van der Waals surface area contributed by atoms with Gasteiger partial charge in [-0.05, 0) is 24.6 Å². The van der Waals surface area contributed by atoms with Gasteiger partial charge in [-0.3, -0.25) is 4.79 Å². The van der Waals surface area contributed by atoms with E-state index in [4.69, 9.17) is 14.2 Å². The summed E-state index contributed by atoms with van der Waals surface area (Å²) < 4.78 is 15.4. The van der Waals surface area contributed by atoms with Crippen molar-refractivity contribution < 1.29 is 23.8 Å². The van der Waals surface area contributed by atoms with Gasteiger partial charge in [-0.15, -0.1) is 0 Å². The Balaban J connectivity index is 1.95. The monoisotopic (exact) mass is 343 g/mol. The Morgan fingerprint density at radius 2 is 1.72 bits per heavy atom. The third kappa shape index (κ3) is 4.73. The van der Waals surface area contributed by atoms with Crippen LogP contribution in [-0.4, -0.2) is 32.7 Å². The van der Waals surface area contributed by atoms with Gasteiger partial charge in [-0.25, -0.2) is 4.79 Å². The van der Waals surface area contributed by atoms with Crippen molar-refractivity contribution in [1.82, 2.24) is 5.32 Å². The number of para-hydroxylation sites is 1. The van der Waals surface area contributed by atoms with Crippen molar-refractivity contribution in [3.05, 3.63) is 59.7 Å². The third-order valence-corrected chi connectivity index (χ3v) is 3.63. The summed E-state index contributed by atoms with van der Waals surface area (Å²) >= 11 is 0. The molecule has 132 valence electrons. The Morgan fingerprint density at radius 1 is 1.00 bits per heavy atom. The summed E-state index contributed by atoms with van der Waals surface area (Å²) in [5, 5.41) is 2.78. The van der Waals surface area contributed by atoms with Gasteiger partial charge < -0.3 is 19.5 Å². The Labute approximate surface area is 146 Å². The lowest BCUT2D eigenvalue weighted by Crippen LogP contribution is -2.31. The summed E-state index contributed by atoms with van der Waals surface area (Å²) in [5.74, 6) is -0.350. The topological polar surface area (TPSA) is 73.9 Å². The first-order valence-corrected chi connectivity index (χ1v) is 7.79. The molecule has 25 heavy (non-hydrogen) atoms. The predicted octanol–water partition coefficient (Wildman–Crippen LogP) is 2.74. The maximum atomic E-state index is 12.2. The lowest BCUT2D eigenvalue weighted by atomic mass is 10.1. The van der Waals surface area contributed by atoms with E-state index >= 15 is 0 Å². The first-order chi connectivity index (χ1) is 12.1. The Bertz CT molecular complexity index is 730. The van der Waals surface area contributed by atoms with Crippen molar-refractivity contribution >= 4 is 11.9 Å². The van der Waals surface area contributed by atoms with E-state index in [1.807, 2.05) is 37.3 Å². The molecule has 0 spiro atoms. The van der Waals surface area contributed by atoms with Gasteiger partial charge in [0.2, 0.25) is 0 Å². The van der Waals surface area contributed by atoms with Crippen LogP contribution in [0.4, 0.5) is 0 Å². The summed E-state index contributed by atoms with van der Waals surface area (Å²) in [7, 11) is 2.91. The minimum atomic E-state index is -0.654. The van der Waals surface area contributed by atoms with E-state index < -0.39 is 5.97 Å². The third-order valence-electron chi connectivity index (χ3n) is 3.63. The van der Waals surface area contributed by atoms with Crippen LogP contribution in [0.5, 0.6) is 11.5 Å². The van der Waals surface area contributed by atoms with Crippen molar-refractivity contribution in [3.8, 4) is 11.5 Å². The molecule has 0 aliphatic heterocycles. The van der Waals surface area contributed by atoms with Crippen molar-refractivity contribution in [2.45, 2.75) is 13.0 Å². The van der Waals surface area contributed by atoms with Crippen molar-refractivity contribution in [2.24, 2.45) is 0 Å². The first-order valence-electron chi connectivity index (χ1n) is 7.79. The molecule has 1 amide bonds. The van der Waals surface area contributed by atoms with Crippen LogP contribution in [0.1, 0.15) is 28.9 Å². The fourth-order valence-electron chi connectivity index (χ4n) is 2.36. The number of hydrogen-bond donors (Lipinski definition) is 1. The molecule has 1 atom stereocenters. The molecule has 0 aromatic heterocycles. The number of methoxy groups -OCH3 is 2. The molecule has 2 rings (SSSR count). The van der Waals surface area contributed by atoms with E-state index in [2.05, 4.69) is 5.32 Å². The number of esters is 1. The van der Waals surface area contributed by atoms with E-state index in [9.17, 15) is 9.59 Å². The zero-order valence-corrected chi connectivity index (χ0v) is 14.4. The Morgan fingerprint density at radius 3 is 2.36 bits per heavy atom. The molecule has 2 aromatic carbocycles. The molecule has 0 aliphatic rings. The molecule has 6 heteroatoms. The summed E-state index contributed by atoms with van der Waals surface area (Å²) in [4.78, 5) is 24.2. The molecule has 0 radical (unpaired) electrons. The van der Waals surface area contributed by atoms with Gasteiger partial charge in [-0.2, -0.15) is 0 Å². The highest BCUT2D eigenvalue weighted by Gasteiger charge is 2.19. The lowest BCUT2D eigenvalue weighted by Gasteiger charge is -2.15. The van der Waals surface area contributed by atoms with Gasteiger partial charge in [0.25, 0.3) is 5.91 Å². The van der Waals surface area contributed by atoms with Crippen molar-refractivity contribution in [2.75, 3.05) is 20.8 Å². The fraction of sp³-hybridized carbons (Fsp3) is 0.263. The van der Waals surface area contributed by atoms with E-state index in [1.54, 1.807) is 18.2 Å². The molecule has 0 aliphatic carbocycles. The molecule has 0 fully saturated rings. The summed E-state index contributed by atoms with van der Waals surface area (Å²) in [6.45, 7) is 1.48. The Hall–Kier alpha value is -3.02. The maximum absolute atomic E-state index is 12.2. The highest BCUT2D eigenvalue weighted by Crippen LogP contribution is 2.31. The van der Waals surface area contributed by atoms with Crippen LogP contribution in [-0.2, 0) is 9.53 Å². The van der Waals surface area contributed by atoms with Crippen LogP contribution in [0.25, 0.3) is 0 Å². The SMILES string of the molecule is COc1cccc(C(=O)OCC(=O)N[C@@H](C)c2ccccc2)c1OC. The molecule has 2 aromatic rings. The molecule has 1 N–H and O–H groups in total. The summed E-state index contributed by atoms with van der Waals surface area (Å²) in [5.41, 5.74) is 1.17. The molecule has 0 heterocycles. The average molecular weight is 343 g/mol.